The van der Waals surface area contributed by atoms with E-state index in [1.165, 1.54) is 7.05 Å². The van der Waals surface area contributed by atoms with E-state index in [9.17, 15) is 9.90 Å². The van der Waals surface area contributed by atoms with Crippen molar-refractivity contribution in [1.29, 1.82) is 0 Å². The SMILES string of the molecule is CNC(=O)C(O)c1ccc(C)cc1C. The number of hydrogen-bond acceptors (Lipinski definition) is 2. The van der Waals surface area contributed by atoms with E-state index in [-0.39, 0.29) is 5.91 Å². The molecule has 0 aromatic heterocycles. The zero-order chi connectivity index (χ0) is 10.7. The Morgan fingerprint density at radius 2 is 2.07 bits per heavy atom. The monoisotopic (exact) mass is 193 g/mol. The van der Waals surface area contributed by atoms with Crippen LogP contribution in [0.3, 0.4) is 0 Å². The summed E-state index contributed by atoms with van der Waals surface area (Å²) >= 11 is 0. The van der Waals surface area contributed by atoms with Crippen LogP contribution < -0.4 is 5.32 Å². The first-order chi connectivity index (χ1) is 6.56. The predicted octanol–water partition coefficient (Wildman–Crippen LogP) is 1.08. The Balaban J connectivity index is 3.01. The lowest BCUT2D eigenvalue weighted by molar-refractivity contribution is -0.129. The van der Waals surface area contributed by atoms with Gasteiger partial charge in [0.05, 0.1) is 0 Å². The molecule has 0 aliphatic rings. The van der Waals surface area contributed by atoms with Crippen LogP contribution in [0, 0.1) is 13.8 Å². The molecule has 2 N–H and O–H groups in total. The summed E-state index contributed by atoms with van der Waals surface area (Å²) in [5.74, 6) is -0.378. The highest BCUT2D eigenvalue weighted by Crippen LogP contribution is 2.18. The molecular formula is C11H15NO2. The number of likely N-dealkylation sites (N-methyl/N-ethyl adjacent to an activating group) is 1. The summed E-state index contributed by atoms with van der Waals surface area (Å²) in [5, 5.41) is 12.1. The number of aliphatic hydroxyl groups is 1. The van der Waals surface area contributed by atoms with Crippen LogP contribution in [0.2, 0.25) is 0 Å². The van der Waals surface area contributed by atoms with Crippen LogP contribution >= 0.6 is 0 Å². The van der Waals surface area contributed by atoms with Gasteiger partial charge < -0.3 is 10.4 Å². The van der Waals surface area contributed by atoms with Crippen molar-refractivity contribution < 1.29 is 9.90 Å². The van der Waals surface area contributed by atoms with Gasteiger partial charge in [0.25, 0.3) is 5.91 Å². The molecule has 1 unspecified atom stereocenters. The van der Waals surface area contributed by atoms with Crippen LogP contribution in [0.5, 0.6) is 0 Å². The van der Waals surface area contributed by atoms with Gasteiger partial charge in [-0.3, -0.25) is 4.79 Å². The van der Waals surface area contributed by atoms with Crippen LogP contribution in [-0.2, 0) is 4.79 Å². The Bertz CT molecular complexity index is 347. The van der Waals surface area contributed by atoms with E-state index in [1.807, 2.05) is 26.0 Å². The fraction of sp³-hybridized carbons (Fsp3) is 0.364. The van der Waals surface area contributed by atoms with E-state index in [1.54, 1.807) is 6.07 Å². The minimum Gasteiger partial charge on any atom is -0.378 e. The highest BCUT2D eigenvalue weighted by atomic mass is 16.3. The Hall–Kier alpha value is -1.35. The number of nitrogens with one attached hydrogen (secondary N) is 1. The molecule has 1 atom stereocenters. The van der Waals surface area contributed by atoms with Gasteiger partial charge in [-0.05, 0) is 25.0 Å². The third-order valence-electron chi connectivity index (χ3n) is 2.21. The summed E-state index contributed by atoms with van der Waals surface area (Å²) in [5.41, 5.74) is 2.71. The molecule has 1 amide bonds. The molecule has 0 saturated carbocycles. The van der Waals surface area contributed by atoms with Gasteiger partial charge in [0, 0.05) is 7.05 Å². The minimum absolute atomic E-state index is 0.378. The lowest BCUT2D eigenvalue weighted by Gasteiger charge is -2.12. The van der Waals surface area contributed by atoms with Crippen LogP contribution in [0.25, 0.3) is 0 Å². The molecule has 0 fully saturated rings. The summed E-state index contributed by atoms with van der Waals surface area (Å²) in [7, 11) is 1.51. The van der Waals surface area contributed by atoms with E-state index >= 15 is 0 Å². The van der Waals surface area contributed by atoms with Crippen molar-refractivity contribution >= 4 is 5.91 Å². The second kappa shape index (κ2) is 4.24. The first-order valence-corrected chi connectivity index (χ1v) is 4.53. The van der Waals surface area contributed by atoms with Crippen molar-refractivity contribution in [2.75, 3.05) is 7.05 Å². The van der Waals surface area contributed by atoms with Crippen molar-refractivity contribution in [2.24, 2.45) is 0 Å². The molecule has 0 bridgehead atoms. The molecule has 3 nitrogen and oxygen atoms in total. The van der Waals surface area contributed by atoms with Crippen LogP contribution in [0.1, 0.15) is 22.8 Å². The van der Waals surface area contributed by atoms with Crippen molar-refractivity contribution in [1.82, 2.24) is 5.32 Å². The molecule has 76 valence electrons. The average Bonchev–Trinajstić information content (AvgIpc) is 2.15. The Morgan fingerprint density at radius 3 is 2.57 bits per heavy atom. The van der Waals surface area contributed by atoms with Crippen molar-refractivity contribution in [2.45, 2.75) is 20.0 Å². The summed E-state index contributed by atoms with van der Waals surface area (Å²) in [6, 6.07) is 5.61. The Morgan fingerprint density at radius 1 is 1.43 bits per heavy atom. The van der Waals surface area contributed by atoms with Gasteiger partial charge in [0.1, 0.15) is 0 Å². The average molecular weight is 193 g/mol. The maximum atomic E-state index is 11.2. The smallest absolute Gasteiger partial charge is 0.253 e. The van der Waals surface area contributed by atoms with Gasteiger partial charge >= 0.3 is 0 Å². The van der Waals surface area contributed by atoms with Gasteiger partial charge in [0.15, 0.2) is 6.10 Å². The van der Waals surface area contributed by atoms with Gasteiger partial charge in [-0.15, -0.1) is 0 Å². The number of amides is 1. The van der Waals surface area contributed by atoms with Crippen LogP contribution in [0.4, 0.5) is 0 Å². The number of rotatable bonds is 2. The Labute approximate surface area is 83.8 Å². The normalized spacial score (nSPS) is 12.3. The van der Waals surface area contributed by atoms with E-state index in [0.717, 1.165) is 11.1 Å². The molecule has 0 aliphatic heterocycles. The lowest BCUT2D eigenvalue weighted by atomic mass is 10.0. The molecule has 14 heavy (non-hydrogen) atoms. The second-order valence-corrected chi connectivity index (χ2v) is 3.38. The van der Waals surface area contributed by atoms with E-state index in [0.29, 0.717) is 5.56 Å². The lowest BCUT2D eigenvalue weighted by Crippen LogP contribution is -2.25. The highest BCUT2D eigenvalue weighted by molar-refractivity contribution is 5.82. The number of carbonyl (C=O) groups excluding carboxylic acids is 1. The maximum absolute atomic E-state index is 11.2. The standard InChI is InChI=1S/C11H15NO2/c1-7-4-5-9(8(2)6-7)10(13)11(14)12-3/h4-6,10,13H,1-3H3,(H,12,14). The molecule has 0 saturated heterocycles. The first kappa shape index (κ1) is 10.7. The van der Waals surface area contributed by atoms with E-state index in [2.05, 4.69) is 5.32 Å². The van der Waals surface area contributed by atoms with Gasteiger partial charge in [-0.25, -0.2) is 0 Å². The second-order valence-electron chi connectivity index (χ2n) is 3.38. The highest BCUT2D eigenvalue weighted by Gasteiger charge is 2.17. The fourth-order valence-electron chi connectivity index (χ4n) is 1.41. The molecule has 1 rings (SSSR count). The summed E-state index contributed by atoms with van der Waals surface area (Å²) in [6.07, 6.45) is -1.07. The van der Waals surface area contributed by atoms with E-state index in [4.69, 9.17) is 0 Å². The third-order valence-corrected chi connectivity index (χ3v) is 2.21. The zero-order valence-electron chi connectivity index (χ0n) is 8.66. The van der Waals surface area contributed by atoms with Crippen molar-refractivity contribution in [3.8, 4) is 0 Å². The van der Waals surface area contributed by atoms with Crippen molar-refractivity contribution in [3.63, 3.8) is 0 Å². The number of hydrogen-bond donors (Lipinski definition) is 2. The number of benzene rings is 1. The molecule has 0 aliphatic carbocycles. The zero-order valence-corrected chi connectivity index (χ0v) is 8.66. The number of carbonyl (C=O) groups is 1. The molecule has 3 heteroatoms. The van der Waals surface area contributed by atoms with Gasteiger partial charge in [-0.1, -0.05) is 23.8 Å². The van der Waals surface area contributed by atoms with E-state index < -0.39 is 6.10 Å². The molecular weight excluding hydrogens is 178 g/mol. The minimum atomic E-state index is -1.07. The summed E-state index contributed by atoms with van der Waals surface area (Å²) in [6.45, 7) is 3.86. The van der Waals surface area contributed by atoms with Crippen LogP contribution in [0.15, 0.2) is 18.2 Å². The van der Waals surface area contributed by atoms with Gasteiger partial charge in [-0.2, -0.15) is 0 Å². The molecule has 0 spiro atoms. The third kappa shape index (κ3) is 2.12. The Kier molecular flexibility index (Phi) is 3.25. The maximum Gasteiger partial charge on any atom is 0.253 e. The fourth-order valence-corrected chi connectivity index (χ4v) is 1.41. The van der Waals surface area contributed by atoms with Gasteiger partial charge in [0.2, 0.25) is 0 Å². The first-order valence-electron chi connectivity index (χ1n) is 4.53. The molecule has 0 heterocycles. The topological polar surface area (TPSA) is 49.3 Å². The largest absolute Gasteiger partial charge is 0.378 e. The van der Waals surface area contributed by atoms with Crippen molar-refractivity contribution in [3.05, 3.63) is 34.9 Å². The molecule has 1 aromatic carbocycles. The molecule has 1 aromatic rings. The number of aryl methyl sites for hydroxylation is 2. The number of aliphatic hydroxyl groups excluding tert-OH is 1. The molecule has 0 radical (unpaired) electrons. The predicted molar refractivity (Wildman–Crippen MR) is 54.9 cm³/mol. The van der Waals surface area contributed by atoms with Crippen LogP contribution in [-0.4, -0.2) is 18.1 Å². The quantitative estimate of drug-likeness (QED) is 0.738. The summed E-state index contributed by atoms with van der Waals surface area (Å²) < 4.78 is 0. The summed E-state index contributed by atoms with van der Waals surface area (Å²) in [4.78, 5) is 11.2.